The van der Waals surface area contributed by atoms with Crippen molar-refractivity contribution in [3.8, 4) is 0 Å². The minimum absolute atomic E-state index is 0.167. The highest BCUT2D eigenvalue weighted by molar-refractivity contribution is 6.00. The Labute approximate surface area is 187 Å². The van der Waals surface area contributed by atoms with E-state index in [4.69, 9.17) is 9.47 Å². The monoisotopic (exact) mass is 443 g/mol. The molecule has 1 atom stereocenters. The van der Waals surface area contributed by atoms with Crippen molar-refractivity contribution in [1.29, 1.82) is 0 Å². The molecule has 32 heavy (non-hydrogen) atoms. The number of nitrogens with zero attached hydrogens (tertiary/aromatic N) is 1. The molecule has 0 fully saturated rings. The zero-order chi connectivity index (χ0) is 24.0. The number of benzene rings is 1. The molecule has 0 aliphatic heterocycles. The largest absolute Gasteiger partial charge is 0.461 e. The number of esters is 2. The van der Waals surface area contributed by atoms with Gasteiger partial charge in [-0.25, -0.2) is 9.59 Å². The third-order valence-corrected chi connectivity index (χ3v) is 4.85. The number of nitrogens with one attached hydrogen (secondary N) is 2. The van der Waals surface area contributed by atoms with E-state index < -0.39 is 23.9 Å². The number of aromatic amines is 1. The molecule has 9 heteroatoms. The van der Waals surface area contributed by atoms with Gasteiger partial charge in [-0.3, -0.25) is 9.59 Å². The summed E-state index contributed by atoms with van der Waals surface area (Å²) in [5.74, 6) is -2.23. The Hall–Kier alpha value is -3.62. The van der Waals surface area contributed by atoms with Gasteiger partial charge in [-0.1, -0.05) is 17.7 Å². The van der Waals surface area contributed by atoms with Gasteiger partial charge in [0.1, 0.15) is 5.69 Å². The predicted octanol–water partition coefficient (Wildman–Crippen LogP) is 2.76. The van der Waals surface area contributed by atoms with Gasteiger partial charge in [-0.05, 0) is 52.3 Å². The number of H-pyrrole nitrogens is 1. The summed E-state index contributed by atoms with van der Waals surface area (Å²) in [6, 6.07) is 7.27. The van der Waals surface area contributed by atoms with Gasteiger partial charge in [0, 0.05) is 18.4 Å². The summed E-state index contributed by atoms with van der Waals surface area (Å²) in [7, 11) is 1.45. The summed E-state index contributed by atoms with van der Waals surface area (Å²) in [5.41, 5.74) is 2.84. The maximum absolute atomic E-state index is 12.7. The fourth-order valence-corrected chi connectivity index (χ4v) is 3.17. The second-order valence-electron chi connectivity index (χ2n) is 7.50. The summed E-state index contributed by atoms with van der Waals surface area (Å²) in [4.78, 5) is 53.5. The van der Waals surface area contributed by atoms with E-state index in [1.54, 1.807) is 32.9 Å². The summed E-state index contributed by atoms with van der Waals surface area (Å²) < 4.78 is 10.3. The number of hydrogen-bond donors (Lipinski definition) is 2. The molecular weight excluding hydrogens is 414 g/mol. The smallest absolute Gasteiger partial charge is 0.355 e. The van der Waals surface area contributed by atoms with Crippen LogP contribution in [0.3, 0.4) is 0 Å². The lowest BCUT2D eigenvalue weighted by molar-refractivity contribution is -0.140. The van der Waals surface area contributed by atoms with Gasteiger partial charge in [0.05, 0.1) is 18.7 Å². The number of ether oxygens (including phenoxy) is 2. The van der Waals surface area contributed by atoms with Crippen molar-refractivity contribution in [2.24, 2.45) is 0 Å². The third kappa shape index (κ3) is 5.96. The fraction of sp³-hybridized carbons (Fsp3) is 0.391. The molecule has 1 aromatic heterocycles. The molecule has 0 spiro atoms. The second-order valence-corrected chi connectivity index (χ2v) is 7.50. The lowest BCUT2D eigenvalue weighted by atomic mass is 10.1. The van der Waals surface area contributed by atoms with Gasteiger partial charge < -0.3 is 24.7 Å². The van der Waals surface area contributed by atoms with Crippen LogP contribution in [0.5, 0.6) is 0 Å². The van der Waals surface area contributed by atoms with E-state index in [1.807, 2.05) is 19.1 Å². The van der Waals surface area contributed by atoms with Gasteiger partial charge >= 0.3 is 11.9 Å². The standard InChI is InChI=1S/C23H29N3O6/c1-7-31-23(30)20-14(3)19(15(4)24-20)22(29)32-16(5)21(28)26(6)12-18(27)25-17-10-8-13(2)9-11-17/h8-11,16,24H,7,12H2,1-6H3,(H,25,27)/t16-/m0/s1. The SMILES string of the molecule is CCOC(=O)c1[nH]c(C)c(C(=O)O[C@@H](C)C(=O)N(C)CC(=O)Nc2ccc(C)cc2)c1C. The Morgan fingerprint density at radius 2 is 1.69 bits per heavy atom. The lowest BCUT2D eigenvalue weighted by Crippen LogP contribution is -2.41. The highest BCUT2D eigenvalue weighted by atomic mass is 16.5. The highest BCUT2D eigenvalue weighted by Gasteiger charge is 2.28. The normalized spacial score (nSPS) is 11.4. The number of rotatable bonds is 8. The van der Waals surface area contributed by atoms with Crippen molar-refractivity contribution in [3.05, 3.63) is 52.3 Å². The van der Waals surface area contributed by atoms with Crippen LogP contribution in [0.4, 0.5) is 5.69 Å². The molecule has 0 aliphatic rings. The zero-order valence-electron chi connectivity index (χ0n) is 19.2. The van der Waals surface area contributed by atoms with Crippen molar-refractivity contribution in [3.63, 3.8) is 0 Å². The molecule has 2 rings (SSSR count). The summed E-state index contributed by atoms with van der Waals surface area (Å²) >= 11 is 0. The molecule has 1 heterocycles. The first-order valence-electron chi connectivity index (χ1n) is 10.2. The Kier molecular flexibility index (Phi) is 8.17. The van der Waals surface area contributed by atoms with Gasteiger partial charge in [0.25, 0.3) is 5.91 Å². The number of carbonyl (C=O) groups is 4. The minimum atomic E-state index is -1.13. The average molecular weight is 444 g/mol. The molecule has 0 saturated heterocycles. The van der Waals surface area contributed by atoms with Crippen LogP contribution in [0.1, 0.15) is 51.5 Å². The molecular formula is C23H29N3O6. The van der Waals surface area contributed by atoms with Crippen LogP contribution in [-0.2, 0) is 19.1 Å². The fourth-order valence-electron chi connectivity index (χ4n) is 3.17. The van der Waals surface area contributed by atoms with E-state index in [1.165, 1.54) is 18.9 Å². The van der Waals surface area contributed by atoms with Crippen LogP contribution in [0, 0.1) is 20.8 Å². The molecule has 0 unspecified atom stereocenters. The van der Waals surface area contributed by atoms with Gasteiger partial charge in [-0.2, -0.15) is 0 Å². The van der Waals surface area contributed by atoms with Crippen LogP contribution >= 0.6 is 0 Å². The Morgan fingerprint density at radius 1 is 1.06 bits per heavy atom. The van der Waals surface area contributed by atoms with E-state index in [-0.39, 0.29) is 30.3 Å². The van der Waals surface area contributed by atoms with E-state index in [9.17, 15) is 19.2 Å². The summed E-state index contributed by atoms with van der Waals surface area (Å²) in [5, 5.41) is 2.71. The molecule has 2 amide bonds. The maximum atomic E-state index is 12.7. The first-order valence-corrected chi connectivity index (χ1v) is 10.2. The molecule has 0 saturated carbocycles. The van der Waals surface area contributed by atoms with Crippen LogP contribution in [0.2, 0.25) is 0 Å². The van der Waals surface area contributed by atoms with E-state index in [0.717, 1.165) is 5.56 Å². The number of hydrogen-bond acceptors (Lipinski definition) is 6. The quantitative estimate of drug-likeness (QED) is 0.606. The van der Waals surface area contributed by atoms with E-state index in [2.05, 4.69) is 10.3 Å². The highest BCUT2D eigenvalue weighted by Crippen LogP contribution is 2.20. The Bertz CT molecular complexity index is 1010. The Morgan fingerprint density at radius 3 is 2.28 bits per heavy atom. The van der Waals surface area contributed by atoms with Crippen LogP contribution in [-0.4, -0.2) is 59.9 Å². The third-order valence-electron chi connectivity index (χ3n) is 4.85. The number of aryl methyl sites for hydroxylation is 2. The maximum Gasteiger partial charge on any atom is 0.355 e. The number of amides is 2. The first kappa shape index (κ1) is 24.6. The topological polar surface area (TPSA) is 118 Å². The van der Waals surface area contributed by atoms with Crippen molar-refractivity contribution >= 4 is 29.4 Å². The van der Waals surface area contributed by atoms with Gasteiger partial charge in [0.15, 0.2) is 6.10 Å². The van der Waals surface area contributed by atoms with E-state index in [0.29, 0.717) is 16.9 Å². The number of likely N-dealkylation sites (N-methyl/N-ethyl adjacent to an activating group) is 1. The molecule has 0 aliphatic carbocycles. The van der Waals surface area contributed by atoms with Crippen LogP contribution in [0.15, 0.2) is 24.3 Å². The molecule has 2 N–H and O–H groups in total. The zero-order valence-corrected chi connectivity index (χ0v) is 19.2. The van der Waals surface area contributed by atoms with Crippen molar-refractivity contribution in [1.82, 2.24) is 9.88 Å². The molecule has 172 valence electrons. The predicted molar refractivity (Wildman–Crippen MR) is 119 cm³/mol. The van der Waals surface area contributed by atoms with Crippen molar-refractivity contribution < 1.29 is 28.7 Å². The molecule has 0 radical (unpaired) electrons. The van der Waals surface area contributed by atoms with Crippen molar-refractivity contribution in [2.75, 3.05) is 25.5 Å². The lowest BCUT2D eigenvalue weighted by Gasteiger charge is -2.21. The second kappa shape index (κ2) is 10.6. The minimum Gasteiger partial charge on any atom is -0.461 e. The van der Waals surface area contributed by atoms with E-state index >= 15 is 0 Å². The molecule has 0 bridgehead atoms. The molecule has 9 nitrogen and oxygen atoms in total. The van der Waals surface area contributed by atoms with Crippen LogP contribution in [0.25, 0.3) is 0 Å². The molecule has 2 aromatic rings. The summed E-state index contributed by atoms with van der Waals surface area (Å²) in [6.07, 6.45) is -1.13. The first-order chi connectivity index (χ1) is 15.0. The van der Waals surface area contributed by atoms with Crippen molar-refractivity contribution in [2.45, 2.75) is 40.7 Å². The summed E-state index contributed by atoms with van der Waals surface area (Å²) in [6.45, 7) is 8.27. The molecule has 1 aromatic carbocycles. The number of carbonyl (C=O) groups excluding carboxylic acids is 4. The average Bonchev–Trinajstić information content (AvgIpc) is 3.03. The Balaban J connectivity index is 1.99. The van der Waals surface area contributed by atoms with Gasteiger partial charge in [0.2, 0.25) is 5.91 Å². The number of anilines is 1. The van der Waals surface area contributed by atoms with Gasteiger partial charge in [-0.15, -0.1) is 0 Å². The van der Waals surface area contributed by atoms with Crippen LogP contribution < -0.4 is 5.32 Å². The number of aromatic nitrogens is 1.